The van der Waals surface area contributed by atoms with Gasteiger partial charge in [0.25, 0.3) is 0 Å². The Morgan fingerprint density at radius 1 is 1.38 bits per heavy atom. The van der Waals surface area contributed by atoms with Gasteiger partial charge in [0, 0.05) is 12.5 Å². The van der Waals surface area contributed by atoms with Crippen LogP contribution in [-0.4, -0.2) is 30.4 Å². The SMILES string of the molecule is C=CC(=O)OCCC(C)OC(=O)CC(C)=O. The van der Waals surface area contributed by atoms with E-state index in [1.54, 1.807) is 6.92 Å². The number of Topliss-reactive ketones (excluding diaryl/α,β-unsaturated/α-hetero) is 1. The van der Waals surface area contributed by atoms with Gasteiger partial charge in [0.15, 0.2) is 0 Å². The first-order chi connectivity index (χ1) is 7.45. The summed E-state index contributed by atoms with van der Waals surface area (Å²) in [4.78, 5) is 32.3. The van der Waals surface area contributed by atoms with Crippen LogP contribution in [0.25, 0.3) is 0 Å². The largest absolute Gasteiger partial charge is 0.462 e. The molecule has 1 atom stereocenters. The van der Waals surface area contributed by atoms with Crippen molar-refractivity contribution in [1.82, 2.24) is 0 Å². The Morgan fingerprint density at radius 2 is 2.00 bits per heavy atom. The normalized spacial score (nSPS) is 11.4. The average molecular weight is 228 g/mol. The number of esters is 2. The van der Waals surface area contributed by atoms with Gasteiger partial charge in [-0.25, -0.2) is 4.79 Å². The van der Waals surface area contributed by atoms with Gasteiger partial charge in [-0.2, -0.15) is 0 Å². The molecule has 5 heteroatoms. The Balaban J connectivity index is 3.69. The van der Waals surface area contributed by atoms with Crippen LogP contribution in [0.3, 0.4) is 0 Å². The minimum atomic E-state index is -0.560. The molecular weight excluding hydrogens is 212 g/mol. The average Bonchev–Trinajstić information content (AvgIpc) is 2.15. The quantitative estimate of drug-likeness (QED) is 0.369. The van der Waals surface area contributed by atoms with Crippen LogP contribution in [0.5, 0.6) is 0 Å². The first-order valence-electron chi connectivity index (χ1n) is 4.93. The monoisotopic (exact) mass is 228 g/mol. The second-order valence-corrected chi connectivity index (χ2v) is 3.34. The third-order valence-electron chi connectivity index (χ3n) is 1.66. The Hall–Kier alpha value is -1.65. The second-order valence-electron chi connectivity index (χ2n) is 3.34. The fraction of sp³-hybridized carbons (Fsp3) is 0.545. The molecule has 0 rings (SSSR count). The van der Waals surface area contributed by atoms with Crippen LogP contribution in [0.1, 0.15) is 26.7 Å². The molecule has 90 valence electrons. The Kier molecular flexibility index (Phi) is 6.83. The molecule has 0 radical (unpaired) electrons. The highest BCUT2D eigenvalue weighted by Crippen LogP contribution is 2.01. The lowest BCUT2D eigenvalue weighted by atomic mass is 10.3. The van der Waals surface area contributed by atoms with E-state index in [-0.39, 0.29) is 24.9 Å². The van der Waals surface area contributed by atoms with Crippen LogP contribution in [0.2, 0.25) is 0 Å². The van der Waals surface area contributed by atoms with E-state index in [0.29, 0.717) is 6.42 Å². The molecule has 0 aromatic carbocycles. The fourth-order valence-electron chi connectivity index (χ4n) is 0.913. The van der Waals surface area contributed by atoms with Crippen LogP contribution >= 0.6 is 0 Å². The van der Waals surface area contributed by atoms with Gasteiger partial charge in [-0.3, -0.25) is 9.59 Å². The number of rotatable bonds is 7. The van der Waals surface area contributed by atoms with Crippen molar-refractivity contribution in [2.45, 2.75) is 32.8 Å². The second kappa shape index (κ2) is 7.62. The molecule has 0 saturated carbocycles. The van der Waals surface area contributed by atoms with Gasteiger partial charge in [-0.1, -0.05) is 6.58 Å². The van der Waals surface area contributed by atoms with Gasteiger partial charge in [-0.05, 0) is 13.8 Å². The molecule has 0 aliphatic carbocycles. The molecule has 5 nitrogen and oxygen atoms in total. The minimum Gasteiger partial charge on any atom is -0.462 e. The maximum absolute atomic E-state index is 11.1. The van der Waals surface area contributed by atoms with Crippen molar-refractivity contribution in [3.05, 3.63) is 12.7 Å². The summed E-state index contributed by atoms with van der Waals surface area (Å²) in [5.74, 6) is -1.31. The molecular formula is C11H16O5. The van der Waals surface area contributed by atoms with Crippen LogP contribution in [0.15, 0.2) is 12.7 Å². The number of carbonyl (C=O) groups excluding carboxylic acids is 3. The predicted octanol–water partition coefficient (Wildman–Crippen LogP) is 1.02. The summed E-state index contributed by atoms with van der Waals surface area (Å²) < 4.78 is 9.61. The van der Waals surface area contributed by atoms with Crippen molar-refractivity contribution in [2.75, 3.05) is 6.61 Å². The fourth-order valence-corrected chi connectivity index (χ4v) is 0.913. The molecule has 0 fully saturated rings. The molecule has 0 aliphatic rings. The molecule has 0 aliphatic heterocycles. The van der Waals surface area contributed by atoms with Gasteiger partial charge < -0.3 is 9.47 Å². The topological polar surface area (TPSA) is 69.7 Å². The Morgan fingerprint density at radius 3 is 2.50 bits per heavy atom. The molecule has 0 spiro atoms. The van der Waals surface area contributed by atoms with Crippen molar-refractivity contribution in [3.63, 3.8) is 0 Å². The highest BCUT2D eigenvalue weighted by molar-refractivity contribution is 5.94. The number of ketones is 1. The molecule has 0 heterocycles. The maximum atomic E-state index is 11.1. The van der Waals surface area contributed by atoms with Gasteiger partial charge >= 0.3 is 11.9 Å². The van der Waals surface area contributed by atoms with Crippen molar-refractivity contribution >= 4 is 17.7 Å². The summed E-state index contributed by atoms with van der Waals surface area (Å²) in [5.41, 5.74) is 0. The van der Waals surface area contributed by atoms with E-state index in [1.807, 2.05) is 0 Å². The van der Waals surface area contributed by atoms with Crippen molar-refractivity contribution in [1.29, 1.82) is 0 Å². The van der Waals surface area contributed by atoms with Crippen molar-refractivity contribution in [2.24, 2.45) is 0 Å². The summed E-state index contributed by atoms with van der Waals surface area (Å²) in [6.45, 7) is 6.38. The van der Waals surface area contributed by atoms with E-state index < -0.39 is 11.9 Å². The van der Waals surface area contributed by atoms with Crippen LogP contribution in [0.4, 0.5) is 0 Å². The Bertz CT molecular complexity index is 282. The number of carbonyl (C=O) groups is 3. The summed E-state index contributed by atoms with van der Waals surface area (Å²) in [5, 5.41) is 0. The molecule has 0 N–H and O–H groups in total. The van der Waals surface area contributed by atoms with Crippen LogP contribution in [0, 0.1) is 0 Å². The number of hydrogen-bond donors (Lipinski definition) is 0. The van der Waals surface area contributed by atoms with E-state index in [4.69, 9.17) is 9.47 Å². The highest BCUT2D eigenvalue weighted by Gasteiger charge is 2.11. The van der Waals surface area contributed by atoms with Crippen molar-refractivity contribution < 1.29 is 23.9 Å². The summed E-state index contributed by atoms with van der Waals surface area (Å²) in [6.07, 6.45) is 0.844. The standard InChI is InChI=1S/C11H16O5/c1-4-10(13)15-6-5-9(3)16-11(14)7-8(2)12/h4,9H,1,5-7H2,2-3H3. The van der Waals surface area contributed by atoms with E-state index in [2.05, 4.69) is 6.58 Å². The number of hydrogen-bond acceptors (Lipinski definition) is 5. The molecule has 0 aromatic rings. The smallest absolute Gasteiger partial charge is 0.330 e. The molecule has 0 bridgehead atoms. The summed E-state index contributed by atoms with van der Waals surface area (Å²) in [7, 11) is 0. The zero-order valence-corrected chi connectivity index (χ0v) is 9.52. The lowest BCUT2D eigenvalue weighted by molar-refractivity contribution is -0.150. The molecule has 16 heavy (non-hydrogen) atoms. The van der Waals surface area contributed by atoms with Gasteiger partial charge in [0.05, 0.1) is 6.61 Å². The summed E-state index contributed by atoms with van der Waals surface area (Å²) >= 11 is 0. The van der Waals surface area contributed by atoms with E-state index in [0.717, 1.165) is 6.08 Å². The zero-order chi connectivity index (χ0) is 12.6. The zero-order valence-electron chi connectivity index (χ0n) is 9.52. The first-order valence-corrected chi connectivity index (χ1v) is 4.93. The van der Waals surface area contributed by atoms with Crippen LogP contribution < -0.4 is 0 Å². The maximum Gasteiger partial charge on any atom is 0.330 e. The third-order valence-corrected chi connectivity index (χ3v) is 1.66. The lowest BCUT2D eigenvalue weighted by Gasteiger charge is -2.12. The van der Waals surface area contributed by atoms with Crippen LogP contribution in [-0.2, 0) is 23.9 Å². The molecule has 0 amide bonds. The molecule has 0 saturated heterocycles. The number of ether oxygens (including phenoxy) is 2. The first kappa shape index (κ1) is 14.3. The van der Waals surface area contributed by atoms with E-state index in [9.17, 15) is 14.4 Å². The van der Waals surface area contributed by atoms with Gasteiger partial charge in [-0.15, -0.1) is 0 Å². The predicted molar refractivity (Wildman–Crippen MR) is 56.6 cm³/mol. The molecule has 1 unspecified atom stereocenters. The Labute approximate surface area is 94.4 Å². The lowest BCUT2D eigenvalue weighted by Crippen LogP contribution is -2.19. The van der Waals surface area contributed by atoms with E-state index in [1.165, 1.54) is 6.92 Å². The third kappa shape index (κ3) is 7.73. The molecule has 0 aromatic heterocycles. The van der Waals surface area contributed by atoms with Gasteiger partial charge in [0.2, 0.25) is 0 Å². The minimum absolute atomic E-state index is 0.152. The highest BCUT2D eigenvalue weighted by atomic mass is 16.6. The van der Waals surface area contributed by atoms with E-state index >= 15 is 0 Å². The van der Waals surface area contributed by atoms with Gasteiger partial charge in [0.1, 0.15) is 18.3 Å². The van der Waals surface area contributed by atoms with Crippen molar-refractivity contribution in [3.8, 4) is 0 Å². The summed E-state index contributed by atoms with van der Waals surface area (Å²) in [6, 6.07) is 0.